The van der Waals surface area contributed by atoms with Crippen molar-refractivity contribution in [3.05, 3.63) is 34.1 Å². The van der Waals surface area contributed by atoms with E-state index in [4.69, 9.17) is 4.84 Å². The van der Waals surface area contributed by atoms with E-state index >= 15 is 0 Å². The number of rotatable bonds is 5. The molecule has 0 aliphatic heterocycles. The van der Waals surface area contributed by atoms with Crippen molar-refractivity contribution in [2.75, 3.05) is 0 Å². The molecule has 20 heavy (non-hydrogen) atoms. The van der Waals surface area contributed by atoms with E-state index in [1.807, 2.05) is 4.89 Å². The fourth-order valence-electron chi connectivity index (χ4n) is 2.04. The summed E-state index contributed by atoms with van der Waals surface area (Å²) in [6, 6.07) is 2.25. The van der Waals surface area contributed by atoms with Gasteiger partial charge >= 0.3 is 0 Å². The summed E-state index contributed by atoms with van der Waals surface area (Å²) in [6.07, 6.45) is 3.12. The van der Waals surface area contributed by atoms with E-state index in [0.717, 1.165) is 37.8 Å². The number of nitro benzene ring substituents is 1. The van der Waals surface area contributed by atoms with E-state index in [9.17, 15) is 22.9 Å². The van der Waals surface area contributed by atoms with E-state index in [1.165, 1.54) is 0 Å². The van der Waals surface area contributed by atoms with Crippen molar-refractivity contribution in [2.24, 2.45) is 0 Å². The predicted molar refractivity (Wildman–Crippen MR) is 66.7 cm³/mol. The highest BCUT2D eigenvalue weighted by molar-refractivity contribution is 7.89. The molecule has 1 fully saturated rings. The predicted octanol–water partition coefficient (Wildman–Crippen LogP) is 1.89. The van der Waals surface area contributed by atoms with Gasteiger partial charge in [-0.1, -0.05) is 17.7 Å². The summed E-state index contributed by atoms with van der Waals surface area (Å²) in [5.41, 5.74) is -0.826. The van der Waals surface area contributed by atoms with Crippen LogP contribution in [0.15, 0.2) is 23.1 Å². The molecule has 0 saturated heterocycles. The van der Waals surface area contributed by atoms with Gasteiger partial charge in [0.1, 0.15) is 5.82 Å². The fourth-order valence-corrected chi connectivity index (χ4v) is 3.05. The third-order valence-corrected chi connectivity index (χ3v) is 4.27. The molecule has 0 heterocycles. The molecule has 0 bridgehead atoms. The Bertz CT molecular complexity index is 613. The highest BCUT2D eigenvalue weighted by Gasteiger charge is 2.28. The van der Waals surface area contributed by atoms with Crippen molar-refractivity contribution in [1.82, 2.24) is 4.89 Å². The number of hydrogen-bond donors (Lipinski definition) is 1. The Morgan fingerprint density at radius 2 is 2.00 bits per heavy atom. The van der Waals surface area contributed by atoms with E-state index in [1.54, 1.807) is 0 Å². The summed E-state index contributed by atoms with van der Waals surface area (Å²) in [5.74, 6) is -0.882. The highest BCUT2D eigenvalue weighted by Crippen LogP contribution is 2.25. The maximum absolute atomic E-state index is 13.0. The largest absolute Gasteiger partial charge is 0.292 e. The lowest BCUT2D eigenvalue weighted by atomic mass is 10.3. The molecule has 1 saturated carbocycles. The Labute approximate surface area is 114 Å². The molecule has 1 N–H and O–H groups in total. The van der Waals surface area contributed by atoms with Gasteiger partial charge in [-0.25, -0.2) is 12.8 Å². The zero-order valence-corrected chi connectivity index (χ0v) is 11.2. The zero-order chi connectivity index (χ0) is 14.8. The summed E-state index contributed by atoms with van der Waals surface area (Å²) < 4.78 is 36.9. The Kier molecular flexibility index (Phi) is 4.31. The number of hydrogen-bond acceptors (Lipinski definition) is 5. The van der Waals surface area contributed by atoms with Crippen molar-refractivity contribution in [3.63, 3.8) is 0 Å². The minimum absolute atomic E-state index is 0.232. The van der Waals surface area contributed by atoms with Crippen LogP contribution < -0.4 is 4.89 Å². The van der Waals surface area contributed by atoms with Crippen LogP contribution in [0.5, 0.6) is 0 Å². The number of sulfonamides is 1. The first-order valence-corrected chi connectivity index (χ1v) is 7.50. The van der Waals surface area contributed by atoms with Crippen LogP contribution in [0.25, 0.3) is 0 Å². The summed E-state index contributed by atoms with van der Waals surface area (Å²) in [5, 5.41) is 10.8. The second-order valence-corrected chi connectivity index (χ2v) is 6.09. The molecule has 1 aliphatic rings. The fraction of sp³-hybridized carbons (Fsp3) is 0.455. The van der Waals surface area contributed by atoms with Crippen LogP contribution in [0, 0.1) is 15.9 Å². The number of benzene rings is 1. The van der Waals surface area contributed by atoms with Crippen LogP contribution in [-0.2, 0) is 14.9 Å². The topological polar surface area (TPSA) is 98.5 Å². The van der Waals surface area contributed by atoms with Gasteiger partial charge in [0.2, 0.25) is 0 Å². The van der Waals surface area contributed by atoms with E-state index in [-0.39, 0.29) is 6.10 Å². The Balaban J connectivity index is 2.22. The lowest BCUT2D eigenvalue weighted by Gasteiger charge is -2.12. The number of nitrogens with zero attached hydrogens (tertiary/aromatic N) is 1. The van der Waals surface area contributed by atoms with Crippen LogP contribution in [0.2, 0.25) is 0 Å². The van der Waals surface area contributed by atoms with Gasteiger partial charge in [0, 0.05) is 0 Å². The molecule has 0 amide bonds. The first-order chi connectivity index (χ1) is 9.40. The van der Waals surface area contributed by atoms with Crippen LogP contribution in [0.3, 0.4) is 0 Å². The lowest BCUT2D eigenvalue weighted by molar-refractivity contribution is -0.388. The van der Waals surface area contributed by atoms with Crippen molar-refractivity contribution < 1.29 is 22.6 Å². The smallest absolute Gasteiger partial charge is 0.284 e. The molecule has 0 spiro atoms. The van der Waals surface area contributed by atoms with Gasteiger partial charge in [-0.15, -0.1) is 0 Å². The molecule has 0 aromatic heterocycles. The minimum atomic E-state index is -4.22. The maximum atomic E-state index is 13.0. The molecule has 1 aromatic rings. The van der Waals surface area contributed by atoms with Crippen molar-refractivity contribution in [2.45, 2.75) is 36.7 Å². The second kappa shape index (κ2) is 5.81. The average molecular weight is 304 g/mol. The SMILES string of the molecule is O=[N+]([O-])c1cc(F)ccc1S(=O)(=O)NOC1CCCC1. The molecule has 1 aromatic carbocycles. The van der Waals surface area contributed by atoms with Gasteiger partial charge in [-0.3, -0.25) is 15.0 Å². The second-order valence-electron chi connectivity index (χ2n) is 4.48. The maximum Gasteiger partial charge on any atom is 0.292 e. The van der Waals surface area contributed by atoms with E-state index < -0.39 is 31.3 Å². The first kappa shape index (κ1) is 14.8. The monoisotopic (exact) mass is 304 g/mol. The minimum Gasteiger partial charge on any atom is -0.284 e. The lowest BCUT2D eigenvalue weighted by Crippen LogP contribution is -2.29. The molecular formula is C11H13FN2O5S. The molecule has 2 rings (SSSR count). The molecule has 1 aliphatic carbocycles. The molecule has 9 heteroatoms. The Morgan fingerprint density at radius 3 is 2.60 bits per heavy atom. The van der Waals surface area contributed by atoms with Crippen LogP contribution in [-0.4, -0.2) is 19.4 Å². The van der Waals surface area contributed by atoms with Crippen LogP contribution >= 0.6 is 0 Å². The summed E-state index contributed by atoms with van der Waals surface area (Å²) in [6.45, 7) is 0. The van der Waals surface area contributed by atoms with Crippen molar-refractivity contribution in [1.29, 1.82) is 0 Å². The van der Waals surface area contributed by atoms with Gasteiger partial charge in [0.05, 0.1) is 17.1 Å². The van der Waals surface area contributed by atoms with Crippen molar-refractivity contribution >= 4 is 15.7 Å². The molecule has 7 nitrogen and oxygen atoms in total. The van der Waals surface area contributed by atoms with Crippen LogP contribution in [0.4, 0.5) is 10.1 Å². The third-order valence-electron chi connectivity index (χ3n) is 3.03. The number of nitro groups is 1. The highest BCUT2D eigenvalue weighted by atomic mass is 32.2. The third kappa shape index (κ3) is 3.30. The Morgan fingerprint density at radius 1 is 1.35 bits per heavy atom. The van der Waals surface area contributed by atoms with Gasteiger partial charge in [0.25, 0.3) is 15.7 Å². The van der Waals surface area contributed by atoms with Gasteiger partial charge in [-0.05, 0) is 25.0 Å². The molecule has 0 atom stereocenters. The van der Waals surface area contributed by atoms with Gasteiger partial charge < -0.3 is 0 Å². The summed E-state index contributed by atoms with van der Waals surface area (Å²) in [4.78, 5) is 16.1. The number of halogens is 1. The summed E-state index contributed by atoms with van der Waals surface area (Å²) >= 11 is 0. The average Bonchev–Trinajstić information content (AvgIpc) is 2.89. The number of nitrogens with one attached hydrogen (secondary N) is 1. The van der Waals surface area contributed by atoms with Crippen molar-refractivity contribution in [3.8, 4) is 0 Å². The Hall–Kier alpha value is -1.58. The zero-order valence-electron chi connectivity index (χ0n) is 10.4. The van der Waals surface area contributed by atoms with Gasteiger partial charge in [-0.2, -0.15) is 0 Å². The molecule has 0 unspecified atom stereocenters. The quantitative estimate of drug-likeness (QED) is 0.661. The van der Waals surface area contributed by atoms with Gasteiger partial charge in [0.15, 0.2) is 4.90 Å². The molecule has 0 radical (unpaired) electrons. The van der Waals surface area contributed by atoms with E-state index in [0.29, 0.717) is 6.07 Å². The summed E-state index contributed by atoms with van der Waals surface area (Å²) in [7, 11) is -4.22. The standard InChI is InChI=1S/C11H13FN2O5S/c12-8-5-6-11(10(7-8)14(15)16)20(17,18)13-19-9-3-1-2-4-9/h5-7,9,13H,1-4H2. The normalized spacial score (nSPS) is 16.4. The molecule has 110 valence electrons. The van der Waals surface area contributed by atoms with Crippen LogP contribution in [0.1, 0.15) is 25.7 Å². The van der Waals surface area contributed by atoms with E-state index in [2.05, 4.69) is 0 Å². The first-order valence-electron chi connectivity index (χ1n) is 6.01. The molecular weight excluding hydrogens is 291 g/mol.